The smallest absolute Gasteiger partial charge is 0.137 e. The third-order valence-electron chi connectivity index (χ3n) is 11.1. The highest BCUT2D eigenvalue weighted by Gasteiger charge is 2.62. The van der Waals surface area contributed by atoms with Gasteiger partial charge in [-0.3, -0.25) is 4.79 Å². The van der Waals surface area contributed by atoms with Crippen molar-refractivity contribution < 1.29 is 10.0 Å². The fourth-order valence-corrected chi connectivity index (χ4v) is 9.13. The maximum atomic E-state index is 13.4. The minimum Gasteiger partial charge on any atom is -0.411 e. The SMILES string of the molecule is CC[C@H](/C=C/[C@@H](C)[C@H]1CC[C@H]2[C@@H]3CC(=O)[C@H]4C/C(=N/O)CC[C@]4(C)[C@H]3CC[C@]12C)C(C)C. The zero-order chi connectivity index (χ0) is 23.3. The summed E-state index contributed by atoms with van der Waals surface area (Å²) in [6.45, 7) is 14.4. The number of nitrogens with zero attached hydrogens (tertiary/aromatic N) is 1. The summed E-state index contributed by atoms with van der Waals surface area (Å²) in [5.74, 6) is 5.22. The van der Waals surface area contributed by atoms with Crippen molar-refractivity contribution in [3.05, 3.63) is 12.2 Å². The molecule has 0 spiro atoms. The summed E-state index contributed by atoms with van der Waals surface area (Å²) in [7, 11) is 0. The minimum absolute atomic E-state index is 0.0776. The van der Waals surface area contributed by atoms with E-state index < -0.39 is 0 Å². The van der Waals surface area contributed by atoms with Gasteiger partial charge in [-0.05, 0) is 104 Å². The quantitative estimate of drug-likeness (QED) is 0.272. The minimum atomic E-state index is 0.0776. The normalized spacial score (nSPS) is 45.0. The van der Waals surface area contributed by atoms with Crippen LogP contribution in [0.15, 0.2) is 17.3 Å². The summed E-state index contributed by atoms with van der Waals surface area (Å²) < 4.78 is 0. The van der Waals surface area contributed by atoms with Gasteiger partial charge in [-0.1, -0.05) is 58.9 Å². The number of hydrogen-bond donors (Lipinski definition) is 1. The molecule has 0 saturated heterocycles. The fourth-order valence-electron chi connectivity index (χ4n) is 9.13. The second-order valence-electron chi connectivity index (χ2n) is 12.8. The molecule has 0 aromatic carbocycles. The first-order valence-electron chi connectivity index (χ1n) is 13.6. The number of hydrogen-bond acceptors (Lipinski definition) is 3. The molecule has 3 heteroatoms. The summed E-state index contributed by atoms with van der Waals surface area (Å²) in [5.41, 5.74) is 1.32. The highest BCUT2D eigenvalue weighted by Crippen LogP contribution is 2.67. The molecule has 4 aliphatic rings. The van der Waals surface area contributed by atoms with E-state index in [2.05, 4.69) is 58.9 Å². The summed E-state index contributed by atoms with van der Waals surface area (Å²) in [4.78, 5) is 13.4. The van der Waals surface area contributed by atoms with Gasteiger partial charge in [0.1, 0.15) is 5.78 Å². The maximum absolute atomic E-state index is 13.4. The molecule has 0 aromatic rings. The lowest BCUT2D eigenvalue weighted by Crippen LogP contribution is -2.56. The van der Waals surface area contributed by atoms with Crippen LogP contribution in [0.2, 0.25) is 0 Å². The van der Waals surface area contributed by atoms with E-state index in [4.69, 9.17) is 0 Å². The Morgan fingerprint density at radius 1 is 1.03 bits per heavy atom. The monoisotopic (exact) mass is 441 g/mol. The van der Waals surface area contributed by atoms with Crippen molar-refractivity contribution in [1.29, 1.82) is 0 Å². The van der Waals surface area contributed by atoms with Gasteiger partial charge >= 0.3 is 0 Å². The highest BCUT2D eigenvalue weighted by atomic mass is 16.4. The molecule has 180 valence electrons. The van der Waals surface area contributed by atoms with Crippen LogP contribution >= 0.6 is 0 Å². The van der Waals surface area contributed by atoms with E-state index in [0.717, 1.165) is 30.9 Å². The van der Waals surface area contributed by atoms with Crippen LogP contribution in [0, 0.1) is 58.2 Å². The van der Waals surface area contributed by atoms with E-state index >= 15 is 0 Å². The third kappa shape index (κ3) is 3.80. The van der Waals surface area contributed by atoms with Gasteiger partial charge in [-0.2, -0.15) is 0 Å². The molecule has 32 heavy (non-hydrogen) atoms. The predicted molar refractivity (Wildman–Crippen MR) is 132 cm³/mol. The molecule has 9 atom stereocenters. The molecule has 0 radical (unpaired) electrons. The molecule has 0 amide bonds. The molecule has 4 aliphatic carbocycles. The van der Waals surface area contributed by atoms with Crippen LogP contribution in [-0.4, -0.2) is 16.7 Å². The predicted octanol–water partition coefficient (Wildman–Crippen LogP) is 7.53. The Hall–Kier alpha value is -1.12. The lowest BCUT2D eigenvalue weighted by atomic mass is 9.44. The molecule has 3 nitrogen and oxygen atoms in total. The Labute approximate surface area is 196 Å². The van der Waals surface area contributed by atoms with E-state index in [-0.39, 0.29) is 11.3 Å². The number of allylic oxidation sites excluding steroid dienone is 2. The molecule has 1 N–H and O–H groups in total. The number of fused-ring (bicyclic) bond motifs is 5. The zero-order valence-electron chi connectivity index (χ0n) is 21.4. The largest absolute Gasteiger partial charge is 0.411 e. The number of Topliss-reactive ketones (excluding diaryl/α,β-unsaturated/α-hetero) is 1. The summed E-state index contributed by atoms with van der Waals surface area (Å²) >= 11 is 0. The van der Waals surface area contributed by atoms with Crippen molar-refractivity contribution in [1.82, 2.24) is 0 Å². The van der Waals surface area contributed by atoms with Crippen molar-refractivity contribution in [2.45, 2.75) is 99.3 Å². The summed E-state index contributed by atoms with van der Waals surface area (Å²) in [6.07, 6.45) is 14.8. The van der Waals surface area contributed by atoms with E-state index in [1.807, 2.05) is 0 Å². The molecular formula is C29H47NO2. The molecule has 0 aromatic heterocycles. The van der Waals surface area contributed by atoms with Crippen LogP contribution < -0.4 is 0 Å². The number of carbonyl (C=O) groups is 1. The molecule has 0 heterocycles. The lowest BCUT2D eigenvalue weighted by Gasteiger charge is -2.60. The van der Waals surface area contributed by atoms with Crippen molar-refractivity contribution in [3.63, 3.8) is 0 Å². The van der Waals surface area contributed by atoms with E-state index in [0.29, 0.717) is 53.1 Å². The van der Waals surface area contributed by atoms with Crippen molar-refractivity contribution in [3.8, 4) is 0 Å². The van der Waals surface area contributed by atoms with Gasteiger partial charge in [0, 0.05) is 12.3 Å². The van der Waals surface area contributed by atoms with Crippen LogP contribution in [-0.2, 0) is 4.79 Å². The average molecular weight is 442 g/mol. The van der Waals surface area contributed by atoms with Crippen molar-refractivity contribution in [2.24, 2.45) is 63.3 Å². The first-order valence-corrected chi connectivity index (χ1v) is 13.6. The number of oxime groups is 1. The number of rotatable bonds is 5. The maximum Gasteiger partial charge on any atom is 0.137 e. The highest BCUT2D eigenvalue weighted by molar-refractivity contribution is 5.93. The zero-order valence-corrected chi connectivity index (χ0v) is 21.4. The van der Waals surface area contributed by atoms with Crippen molar-refractivity contribution in [2.75, 3.05) is 0 Å². The van der Waals surface area contributed by atoms with E-state index in [9.17, 15) is 10.0 Å². The first kappa shape index (κ1) is 24.0. The van der Waals surface area contributed by atoms with Crippen molar-refractivity contribution >= 4 is 11.5 Å². The Kier molecular flexibility index (Phi) is 6.69. The average Bonchev–Trinajstić information content (AvgIpc) is 3.11. The summed E-state index contributed by atoms with van der Waals surface area (Å²) in [5, 5.41) is 12.8. The van der Waals surface area contributed by atoms with Crippen LogP contribution in [0.25, 0.3) is 0 Å². The van der Waals surface area contributed by atoms with Gasteiger partial charge in [0.15, 0.2) is 0 Å². The van der Waals surface area contributed by atoms with Crippen LogP contribution in [0.1, 0.15) is 99.3 Å². The van der Waals surface area contributed by atoms with Gasteiger partial charge in [-0.15, -0.1) is 0 Å². The second-order valence-corrected chi connectivity index (χ2v) is 12.8. The van der Waals surface area contributed by atoms with Crippen LogP contribution in [0.4, 0.5) is 0 Å². The Morgan fingerprint density at radius 2 is 1.75 bits per heavy atom. The Bertz CT molecular complexity index is 769. The molecule has 0 bridgehead atoms. The molecule has 0 aliphatic heterocycles. The van der Waals surface area contributed by atoms with Gasteiger partial charge in [0.05, 0.1) is 5.71 Å². The standard InChI is InChI=1S/C29H47NO2/c1-7-20(18(2)3)9-8-19(4)23-10-11-24-22-17-27(31)26-16-21(30-32)12-14-29(26,6)25(22)13-15-28(23,24)5/h8-9,18-20,22-26,32H,7,10-17H2,1-6H3/b9-8+,30-21+/t19-,20-,22+,23-,24+,25+,26-,28-,29-/m1/s1. The molecular weight excluding hydrogens is 394 g/mol. The van der Waals surface area contributed by atoms with Gasteiger partial charge in [0.25, 0.3) is 0 Å². The number of carbonyl (C=O) groups excluding carboxylic acids is 1. The van der Waals surface area contributed by atoms with E-state index in [1.165, 1.54) is 32.1 Å². The van der Waals surface area contributed by atoms with Gasteiger partial charge in [0.2, 0.25) is 0 Å². The molecule has 0 unspecified atom stereocenters. The summed E-state index contributed by atoms with van der Waals surface area (Å²) in [6, 6.07) is 0. The number of ketones is 1. The van der Waals surface area contributed by atoms with Crippen LogP contribution in [0.3, 0.4) is 0 Å². The molecule has 4 saturated carbocycles. The topological polar surface area (TPSA) is 49.7 Å². The second kappa shape index (κ2) is 8.91. The van der Waals surface area contributed by atoms with E-state index in [1.54, 1.807) is 0 Å². The molecule has 4 fully saturated rings. The van der Waals surface area contributed by atoms with Gasteiger partial charge in [-0.25, -0.2) is 0 Å². The van der Waals surface area contributed by atoms with Gasteiger partial charge < -0.3 is 5.21 Å². The third-order valence-corrected chi connectivity index (χ3v) is 11.1. The first-order chi connectivity index (χ1) is 15.2. The lowest BCUT2D eigenvalue weighted by molar-refractivity contribution is -0.150. The Balaban J connectivity index is 1.54. The molecule has 4 rings (SSSR count). The Morgan fingerprint density at radius 3 is 2.41 bits per heavy atom. The van der Waals surface area contributed by atoms with Crippen LogP contribution in [0.5, 0.6) is 0 Å². The fraction of sp³-hybridized carbons (Fsp3) is 0.862.